The maximum absolute atomic E-state index is 12.8. The number of hydrogen-bond acceptors (Lipinski definition) is 10. The molecule has 12 heteroatoms. The molecule has 2 aliphatic heterocycles. The van der Waals surface area contributed by atoms with Crippen molar-refractivity contribution in [3.8, 4) is 0 Å². The quantitative estimate of drug-likeness (QED) is 0.0760. The molecule has 0 radical (unpaired) electrons. The van der Waals surface area contributed by atoms with Crippen molar-refractivity contribution in [3.63, 3.8) is 0 Å². The van der Waals surface area contributed by atoms with Crippen LogP contribution in [0.1, 0.15) is 69.7 Å². The van der Waals surface area contributed by atoms with Gasteiger partial charge in [0, 0.05) is 37.3 Å². The lowest BCUT2D eigenvalue weighted by Gasteiger charge is -2.36. The fourth-order valence-corrected chi connectivity index (χ4v) is 7.69. The Kier molecular flexibility index (Phi) is 17.4. The normalized spacial score (nSPS) is 21.4. The van der Waals surface area contributed by atoms with E-state index >= 15 is 0 Å². The highest BCUT2D eigenvalue weighted by atomic mass is 16.5. The molecule has 60 heavy (non-hydrogen) atoms. The average Bonchev–Trinajstić information content (AvgIpc) is 3.25. The zero-order chi connectivity index (χ0) is 44.0. The highest BCUT2D eigenvalue weighted by molar-refractivity contribution is 6.28. The summed E-state index contributed by atoms with van der Waals surface area (Å²) in [6.07, 6.45) is 2.57. The highest BCUT2D eigenvalue weighted by Crippen LogP contribution is 2.32. The Bertz CT molecular complexity index is 1850. The molecule has 0 aliphatic carbocycles. The Balaban J connectivity index is 0.000000212. The number of nitrogens with zero attached hydrogens (tertiary/aromatic N) is 2. The van der Waals surface area contributed by atoms with Crippen LogP contribution in [0.25, 0.3) is 0 Å². The van der Waals surface area contributed by atoms with Crippen molar-refractivity contribution >= 4 is 23.5 Å². The number of carbonyl (C=O) groups is 4. The van der Waals surface area contributed by atoms with Crippen LogP contribution in [0.2, 0.25) is 0 Å². The minimum absolute atomic E-state index is 0.383. The molecule has 0 bridgehead atoms. The molecule has 2 heterocycles. The first kappa shape index (κ1) is 47.6. The molecule has 12 nitrogen and oxygen atoms in total. The van der Waals surface area contributed by atoms with E-state index in [0.717, 1.165) is 75.4 Å². The van der Waals surface area contributed by atoms with Gasteiger partial charge in [0.2, 0.25) is 11.6 Å². The summed E-state index contributed by atoms with van der Waals surface area (Å²) in [7, 11) is 0. The molecular formula is C48H62N4O8. The highest BCUT2D eigenvalue weighted by Gasteiger charge is 2.69. The third kappa shape index (κ3) is 11.8. The number of aliphatic hydroxyl groups is 2. The number of hydrogen-bond donors (Lipinski definition) is 6. The minimum atomic E-state index is -3.96. The van der Waals surface area contributed by atoms with Gasteiger partial charge in [-0.05, 0) is 87.7 Å². The predicted molar refractivity (Wildman–Crippen MR) is 232 cm³/mol. The van der Waals surface area contributed by atoms with Gasteiger partial charge in [-0.1, -0.05) is 134 Å². The van der Waals surface area contributed by atoms with Crippen molar-refractivity contribution in [1.82, 2.24) is 9.80 Å². The number of carboxylic acid groups (broad SMARTS) is 2. The van der Waals surface area contributed by atoms with Crippen LogP contribution >= 0.6 is 0 Å². The second-order valence-corrected chi connectivity index (χ2v) is 16.4. The summed E-state index contributed by atoms with van der Waals surface area (Å²) in [6.45, 7) is 16.6. The van der Waals surface area contributed by atoms with E-state index < -0.39 is 34.7 Å². The summed E-state index contributed by atoms with van der Waals surface area (Å²) in [6, 6.07) is 31.8. The Morgan fingerprint density at radius 1 is 0.567 bits per heavy atom. The number of piperidine rings is 2. The minimum Gasteiger partial charge on any atom is -0.479 e. The molecule has 2 fully saturated rings. The smallest absolute Gasteiger partial charge is 0.348 e. The summed E-state index contributed by atoms with van der Waals surface area (Å²) >= 11 is 0. The molecular weight excluding hydrogens is 761 g/mol. The SMILES string of the molecule is CC1CCN(Cc2ccccc2)CC1CN.CC1CCN(Cc2ccccc2)CC1CN.Cc1ccc(C(=O)C(O)(C(=O)O)C(O)(C(=O)O)C(=O)c2ccc(C)cc2)cc1. The van der Waals surface area contributed by atoms with Crippen molar-refractivity contribution in [1.29, 1.82) is 0 Å². The van der Waals surface area contributed by atoms with Crippen LogP contribution in [0.15, 0.2) is 109 Å². The Morgan fingerprint density at radius 2 is 0.883 bits per heavy atom. The number of aliphatic carboxylic acids is 2. The third-order valence-electron chi connectivity index (χ3n) is 11.9. The standard InChI is InChI=1S/C20H18O8.2C14H22N2/c1-11-3-7-13(8-4-11)15(21)19(27,17(23)24)20(28,18(25)26)16(22)14-9-5-12(2)6-10-14;2*1-12-7-8-16(11-14(12)9-15)10-13-5-3-2-4-6-13/h3-10,27-28H,1-2H3,(H,23,24)(H,25,26);2*2-6,12,14H,7-11,15H2,1H3. The van der Waals surface area contributed by atoms with Gasteiger partial charge in [0.05, 0.1) is 0 Å². The number of ketones is 2. The van der Waals surface area contributed by atoms with Gasteiger partial charge in [0.15, 0.2) is 0 Å². The third-order valence-corrected chi connectivity index (χ3v) is 11.9. The number of benzene rings is 4. The molecule has 2 aliphatic rings. The second kappa shape index (κ2) is 22.0. The van der Waals surface area contributed by atoms with Gasteiger partial charge < -0.3 is 31.9 Å². The molecule has 6 atom stereocenters. The van der Waals surface area contributed by atoms with Crippen molar-refractivity contribution in [2.24, 2.45) is 35.1 Å². The van der Waals surface area contributed by atoms with Gasteiger partial charge >= 0.3 is 11.9 Å². The van der Waals surface area contributed by atoms with E-state index in [1.807, 2.05) is 0 Å². The van der Waals surface area contributed by atoms with E-state index in [-0.39, 0.29) is 11.1 Å². The lowest BCUT2D eigenvalue weighted by atomic mass is 9.73. The average molecular weight is 823 g/mol. The molecule has 0 amide bonds. The second-order valence-electron chi connectivity index (χ2n) is 16.4. The lowest BCUT2D eigenvalue weighted by Crippen LogP contribution is -2.71. The summed E-state index contributed by atoms with van der Waals surface area (Å²) < 4.78 is 0. The van der Waals surface area contributed by atoms with Crippen LogP contribution < -0.4 is 11.5 Å². The molecule has 2 saturated heterocycles. The lowest BCUT2D eigenvalue weighted by molar-refractivity contribution is -0.187. The van der Waals surface area contributed by atoms with Crippen LogP contribution in [0.5, 0.6) is 0 Å². The van der Waals surface area contributed by atoms with Gasteiger partial charge in [-0.3, -0.25) is 19.4 Å². The maximum atomic E-state index is 12.8. The molecule has 0 saturated carbocycles. The maximum Gasteiger partial charge on any atom is 0.348 e. The molecule has 6 unspecified atom stereocenters. The van der Waals surface area contributed by atoms with Crippen molar-refractivity contribution in [2.75, 3.05) is 39.3 Å². The van der Waals surface area contributed by atoms with Crippen LogP contribution in [-0.2, 0) is 22.7 Å². The van der Waals surface area contributed by atoms with E-state index in [9.17, 15) is 39.6 Å². The van der Waals surface area contributed by atoms with E-state index in [4.69, 9.17) is 11.5 Å². The molecule has 4 aromatic carbocycles. The first-order valence-corrected chi connectivity index (χ1v) is 20.6. The number of carbonyl (C=O) groups excluding carboxylic acids is 2. The van der Waals surface area contributed by atoms with Crippen LogP contribution in [0, 0.1) is 37.5 Å². The number of Topliss-reactive ketones (excluding diaryl/α,β-unsaturated/α-hetero) is 2. The molecule has 322 valence electrons. The Morgan fingerprint density at radius 3 is 1.17 bits per heavy atom. The summed E-state index contributed by atoms with van der Waals surface area (Å²) in [5.41, 5.74) is 7.19. The van der Waals surface area contributed by atoms with E-state index in [1.165, 1.54) is 61.3 Å². The molecule has 4 aromatic rings. The predicted octanol–water partition coefficient (Wildman–Crippen LogP) is 5.21. The fraction of sp³-hybridized carbons (Fsp3) is 0.417. The van der Waals surface area contributed by atoms with Crippen LogP contribution in [-0.4, -0.2) is 104 Å². The molecule has 0 spiro atoms. The van der Waals surface area contributed by atoms with E-state index in [0.29, 0.717) is 23.0 Å². The van der Waals surface area contributed by atoms with Gasteiger partial charge in [-0.25, -0.2) is 9.59 Å². The number of carboxylic acids is 2. The van der Waals surface area contributed by atoms with Crippen molar-refractivity contribution in [2.45, 2.75) is 64.8 Å². The monoisotopic (exact) mass is 822 g/mol. The number of likely N-dealkylation sites (tertiary alicyclic amines) is 2. The number of rotatable bonds is 13. The first-order chi connectivity index (χ1) is 28.5. The Labute approximate surface area is 353 Å². The summed E-state index contributed by atoms with van der Waals surface area (Å²) in [5.74, 6) is -5.08. The molecule has 8 N–H and O–H groups in total. The van der Waals surface area contributed by atoms with E-state index in [2.05, 4.69) is 84.3 Å². The number of nitrogens with two attached hydrogens (primary N) is 2. The first-order valence-electron chi connectivity index (χ1n) is 20.6. The van der Waals surface area contributed by atoms with Crippen LogP contribution in [0.3, 0.4) is 0 Å². The van der Waals surface area contributed by atoms with Crippen molar-refractivity contribution < 1.29 is 39.6 Å². The van der Waals surface area contributed by atoms with Crippen LogP contribution in [0.4, 0.5) is 0 Å². The summed E-state index contributed by atoms with van der Waals surface area (Å²) in [5, 5.41) is 40.3. The molecule has 6 rings (SSSR count). The van der Waals surface area contributed by atoms with Gasteiger partial charge in [-0.2, -0.15) is 0 Å². The van der Waals surface area contributed by atoms with Gasteiger partial charge in [0.1, 0.15) is 0 Å². The van der Waals surface area contributed by atoms with Gasteiger partial charge in [0.25, 0.3) is 11.2 Å². The fourth-order valence-electron chi connectivity index (χ4n) is 7.69. The zero-order valence-corrected chi connectivity index (χ0v) is 35.2. The zero-order valence-electron chi connectivity index (χ0n) is 35.2. The summed E-state index contributed by atoms with van der Waals surface area (Å²) in [4.78, 5) is 54.2. The number of aryl methyl sites for hydroxylation is 2. The largest absolute Gasteiger partial charge is 0.479 e. The van der Waals surface area contributed by atoms with E-state index in [1.54, 1.807) is 13.8 Å². The topological polar surface area (TPSA) is 208 Å². The van der Waals surface area contributed by atoms with Crippen molar-refractivity contribution in [3.05, 3.63) is 143 Å². The molecule has 0 aromatic heterocycles. The van der Waals surface area contributed by atoms with Gasteiger partial charge in [-0.15, -0.1) is 0 Å². The Hall–Kier alpha value is -5.08.